The third-order valence-corrected chi connectivity index (χ3v) is 3.77. The maximum Gasteiger partial charge on any atom is 0.0704 e. The minimum absolute atomic E-state index is 0.188. The van der Waals surface area contributed by atoms with Crippen LogP contribution in [0.15, 0.2) is 36.5 Å². The Balaban J connectivity index is 2.23. The number of pyridine rings is 1. The fourth-order valence-electron chi connectivity index (χ4n) is 2.47. The van der Waals surface area contributed by atoms with Crippen molar-refractivity contribution in [2.75, 3.05) is 13.7 Å². The molecule has 0 spiro atoms. The zero-order valence-electron chi connectivity index (χ0n) is 12.6. The lowest BCUT2D eigenvalue weighted by Gasteiger charge is -2.24. The average molecular weight is 272 g/mol. The van der Waals surface area contributed by atoms with E-state index >= 15 is 0 Å². The number of hydrogen-bond donors (Lipinski definition) is 1. The van der Waals surface area contributed by atoms with Gasteiger partial charge < -0.3 is 10.1 Å². The molecule has 0 aliphatic rings. The van der Waals surface area contributed by atoms with E-state index in [4.69, 9.17) is 4.74 Å². The number of nitrogens with zero attached hydrogens (tertiary/aromatic N) is 1. The molecular formula is C17H24N2O. The molecular weight excluding hydrogens is 248 g/mol. The monoisotopic (exact) mass is 272 g/mol. The maximum absolute atomic E-state index is 5.52. The fourth-order valence-corrected chi connectivity index (χ4v) is 2.47. The molecule has 2 aromatic rings. The standard InChI is InChI=1S/C17H24N2O/c1-4-10-18-17(13(2)20-3)12-14-9-11-19-16-8-6-5-7-15(14)16/h5-9,11,13,17-18H,4,10,12H2,1-3H3. The highest BCUT2D eigenvalue weighted by molar-refractivity contribution is 5.81. The second-order valence-electron chi connectivity index (χ2n) is 5.19. The Morgan fingerprint density at radius 1 is 1.25 bits per heavy atom. The summed E-state index contributed by atoms with van der Waals surface area (Å²) in [5, 5.41) is 4.83. The molecule has 2 unspecified atom stereocenters. The molecule has 0 bridgehead atoms. The van der Waals surface area contributed by atoms with E-state index in [-0.39, 0.29) is 6.10 Å². The number of hydrogen-bond acceptors (Lipinski definition) is 3. The van der Waals surface area contributed by atoms with Crippen LogP contribution in [0.4, 0.5) is 0 Å². The van der Waals surface area contributed by atoms with Gasteiger partial charge in [0.1, 0.15) is 0 Å². The number of methoxy groups -OCH3 is 1. The summed E-state index contributed by atoms with van der Waals surface area (Å²) >= 11 is 0. The van der Waals surface area contributed by atoms with Crippen LogP contribution in [0.5, 0.6) is 0 Å². The first-order valence-corrected chi connectivity index (χ1v) is 7.35. The quantitative estimate of drug-likeness (QED) is 0.840. The summed E-state index contributed by atoms with van der Waals surface area (Å²) < 4.78 is 5.52. The van der Waals surface area contributed by atoms with Crippen molar-refractivity contribution in [3.8, 4) is 0 Å². The smallest absolute Gasteiger partial charge is 0.0704 e. The Bertz CT molecular complexity index is 536. The largest absolute Gasteiger partial charge is 0.380 e. The molecule has 1 N–H and O–H groups in total. The highest BCUT2D eigenvalue weighted by atomic mass is 16.5. The second-order valence-corrected chi connectivity index (χ2v) is 5.19. The van der Waals surface area contributed by atoms with Crippen molar-refractivity contribution < 1.29 is 4.74 Å². The summed E-state index contributed by atoms with van der Waals surface area (Å²) in [6.07, 6.45) is 4.17. The summed E-state index contributed by atoms with van der Waals surface area (Å²) in [4.78, 5) is 4.42. The lowest BCUT2D eigenvalue weighted by Crippen LogP contribution is -2.41. The van der Waals surface area contributed by atoms with Gasteiger partial charge in [-0.05, 0) is 44.0 Å². The van der Waals surface area contributed by atoms with Crippen LogP contribution in [-0.4, -0.2) is 30.8 Å². The van der Waals surface area contributed by atoms with Crippen LogP contribution in [0, 0.1) is 0 Å². The summed E-state index contributed by atoms with van der Waals surface area (Å²) in [5.74, 6) is 0. The van der Waals surface area contributed by atoms with Gasteiger partial charge in [-0.3, -0.25) is 4.98 Å². The predicted octanol–water partition coefficient (Wildman–Crippen LogP) is 3.18. The molecule has 0 radical (unpaired) electrons. The van der Waals surface area contributed by atoms with Gasteiger partial charge in [0.2, 0.25) is 0 Å². The van der Waals surface area contributed by atoms with Crippen LogP contribution in [0.25, 0.3) is 10.9 Å². The lowest BCUT2D eigenvalue weighted by molar-refractivity contribution is 0.0832. The zero-order chi connectivity index (χ0) is 14.4. The van der Waals surface area contributed by atoms with E-state index < -0.39 is 0 Å². The van der Waals surface area contributed by atoms with E-state index in [1.165, 1.54) is 10.9 Å². The number of nitrogens with one attached hydrogen (secondary N) is 1. The molecule has 3 heteroatoms. The van der Waals surface area contributed by atoms with Crippen LogP contribution in [0.2, 0.25) is 0 Å². The van der Waals surface area contributed by atoms with E-state index in [9.17, 15) is 0 Å². The van der Waals surface area contributed by atoms with Gasteiger partial charge in [-0.15, -0.1) is 0 Å². The Morgan fingerprint density at radius 3 is 2.80 bits per heavy atom. The van der Waals surface area contributed by atoms with Crippen molar-refractivity contribution >= 4 is 10.9 Å². The molecule has 0 aliphatic carbocycles. The first-order chi connectivity index (χ1) is 9.76. The molecule has 2 atom stereocenters. The van der Waals surface area contributed by atoms with Gasteiger partial charge in [0.15, 0.2) is 0 Å². The minimum atomic E-state index is 0.188. The number of ether oxygens (including phenoxy) is 1. The fraction of sp³-hybridized carbons (Fsp3) is 0.471. The zero-order valence-corrected chi connectivity index (χ0v) is 12.6. The van der Waals surface area contributed by atoms with Gasteiger partial charge in [-0.2, -0.15) is 0 Å². The third kappa shape index (κ3) is 3.56. The number of rotatable bonds is 7. The molecule has 0 saturated heterocycles. The maximum atomic E-state index is 5.52. The highest BCUT2D eigenvalue weighted by Gasteiger charge is 2.17. The number of fused-ring (bicyclic) bond motifs is 1. The van der Waals surface area contributed by atoms with E-state index in [1.54, 1.807) is 7.11 Å². The van der Waals surface area contributed by atoms with Gasteiger partial charge in [0.05, 0.1) is 11.6 Å². The molecule has 3 nitrogen and oxygen atoms in total. The van der Waals surface area contributed by atoms with Crippen molar-refractivity contribution in [1.82, 2.24) is 10.3 Å². The topological polar surface area (TPSA) is 34.2 Å². The normalized spacial score (nSPS) is 14.3. The van der Waals surface area contributed by atoms with Crippen molar-refractivity contribution in [2.45, 2.75) is 38.8 Å². The minimum Gasteiger partial charge on any atom is -0.380 e. The summed E-state index contributed by atoms with van der Waals surface area (Å²) in [5.41, 5.74) is 2.39. The predicted molar refractivity (Wildman–Crippen MR) is 84.0 cm³/mol. The van der Waals surface area contributed by atoms with Crippen LogP contribution >= 0.6 is 0 Å². The highest BCUT2D eigenvalue weighted by Crippen LogP contribution is 2.18. The van der Waals surface area contributed by atoms with Gasteiger partial charge in [0.25, 0.3) is 0 Å². The number of benzene rings is 1. The molecule has 108 valence electrons. The number of para-hydroxylation sites is 1. The van der Waals surface area contributed by atoms with Crippen molar-refractivity contribution in [2.24, 2.45) is 0 Å². The Kier molecular flexibility index (Phi) is 5.50. The first-order valence-electron chi connectivity index (χ1n) is 7.35. The number of aromatic nitrogens is 1. The summed E-state index contributed by atoms with van der Waals surface area (Å²) in [7, 11) is 1.77. The van der Waals surface area contributed by atoms with E-state index in [0.29, 0.717) is 6.04 Å². The average Bonchev–Trinajstić information content (AvgIpc) is 2.50. The Labute approximate surface area is 121 Å². The Hall–Kier alpha value is -1.45. The van der Waals surface area contributed by atoms with Crippen molar-refractivity contribution in [3.63, 3.8) is 0 Å². The van der Waals surface area contributed by atoms with Crippen LogP contribution in [-0.2, 0) is 11.2 Å². The van der Waals surface area contributed by atoms with Gasteiger partial charge in [-0.1, -0.05) is 25.1 Å². The Morgan fingerprint density at radius 2 is 2.05 bits per heavy atom. The van der Waals surface area contributed by atoms with Crippen molar-refractivity contribution in [3.05, 3.63) is 42.1 Å². The molecule has 0 amide bonds. The molecule has 2 rings (SSSR count). The molecule has 0 saturated carbocycles. The summed E-state index contributed by atoms with van der Waals surface area (Å²) in [6.45, 7) is 5.32. The summed E-state index contributed by atoms with van der Waals surface area (Å²) in [6, 6.07) is 10.8. The van der Waals surface area contributed by atoms with Crippen LogP contribution in [0.1, 0.15) is 25.8 Å². The van der Waals surface area contributed by atoms with Gasteiger partial charge in [0, 0.05) is 24.7 Å². The van der Waals surface area contributed by atoms with Gasteiger partial charge >= 0.3 is 0 Å². The van der Waals surface area contributed by atoms with Crippen molar-refractivity contribution in [1.29, 1.82) is 0 Å². The first kappa shape index (κ1) is 14.9. The molecule has 0 fully saturated rings. The van der Waals surface area contributed by atoms with E-state index in [0.717, 1.165) is 24.9 Å². The molecule has 1 aromatic heterocycles. The molecule has 1 heterocycles. The molecule has 1 aromatic carbocycles. The second kappa shape index (κ2) is 7.36. The van der Waals surface area contributed by atoms with Crippen LogP contribution < -0.4 is 5.32 Å². The molecule has 0 aliphatic heterocycles. The van der Waals surface area contributed by atoms with Gasteiger partial charge in [-0.25, -0.2) is 0 Å². The van der Waals surface area contributed by atoms with E-state index in [1.807, 2.05) is 12.3 Å². The lowest BCUT2D eigenvalue weighted by atomic mass is 9.99. The molecule has 20 heavy (non-hydrogen) atoms. The SMILES string of the molecule is CCCNC(Cc1ccnc2ccccc12)C(C)OC. The third-order valence-electron chi connectivity index (χ3n) is 3.77. The van der Waals surface area contributed by atoms with Crippen LogP contribution in [0.3, 0.4) is 0 Å². The van der Waals surface area contributed by atoms with E-state index in [2.05, 4.69) is 48.4 Å².